The van der Waals surface area contributed by atoms with Gasteiger partial charge in [0.1, 0.15) is 0 Å². The summed E-state index contributed by atoms with van der Waals surface area (Å²) in [6.45, 7) is 2.09. The minimum Gasteiger partial charge on any atom is -0.619 e. The molecular formula is C9H14N2O. The largest absolute Gasteiger partial charge is 0.619 e. The van der Waals surface area contributed by atoms with Crippen LogP contribution in [-0.4, -0.2) is 13.1 Å². The standard InChI is InChI=1S/C9H14N2O/c1-8(10-2)6-9-4-3-5-11(12)7-9/h3-5,7-8,10H,6H2,1-2H3. The quantitative estimate of drug-likeness (QED) is 0.523. The van der Waals surface area contributed by atoms with Crippen LogP contribution in [0.3, 0.4) is 0 Å². The number of likely N-dealkylation sites (N-methyl/N-ethyl adjacent to an activating group) is 1. The van der Waals surface area contributed by atoms with E-state index in [1.165, 1.54) is 6.20 Å². The Bertz CT molecular complexity index is 250. The SMILES string of the molecule is CNC(C)Cc1ccc[n+]([O-])c1. The van der Waals surface area contributed by atoms with Gasteiger partial charge in [0.15, 0.2) is 12.4 Å². The van der Waals surface area contributed by atoms with Crippen molar-refractivity contribution < 1.29 is 4.73 Å². The molecule has 1 heterocycles. The van der Waals surface area contributed by atoms with Crippen LogP contribution in [0.4, 0.5) is 0 Å². The van der Waals surface area contributed by atoms with Crippen LogP contribution in [0, 0.1) is 5.21 Å². The average Bonchev–Trinajstić information content (AvgIpc) is 2.04. The van der Waals surface area contributed by atoms with Gasteiger partial charge in [-0.15, -0.1) is 0 Å². The van der Waals surface area contributed by atoms with Gasteiger partial charge >= 0.3 is 0 Å². The summed E-state index contributed by atoms with van der Waals surface area (Å²) in [5.74, 6) is 0. The monoisotopic (exact) mass is 166 g/mol. The van der Waals surface area contributed by atoms with E-state index in [1.807, 2.05) is 13.1 Å². The first-order chi connectivity index (χ1) is 5.72. The Morgan fingerprint density at radius 2 is 2.42 bits per heavy atom. The zero-order valence-corrected chi connectivity index (χ0v) is 7.45. The third kappa shape index (κ3) is 2.51. The van der Waals surface area contributed by atoms with Gasteiger partial charge in [-0.3, -0.25) is 0 Å². The van der Waals surface area contributed by atoms with Crippen molar-refractivity contribution in [3.05, 3.63) is 35.3 Å². The second-order valence-electron chi connectivity index (χ2n) is 2.97. The van der Waals surface area contributed by atoms with Gasteiger partial charge in [0.2, 0.25) is 0 Å². The Kier molecular flexibility index (Phi) is 3.05. The van der Waals surface area contributed by atoms with E-state index < -0.39 is 0 Å². The third-order valence-corrected chi connectivity index (χ3v) is 1.87. The fourth-order valence-electron chi connectivity index (χ4n) is 1.08. The number of nitrogens with one attached hydrogen (secondary N) is 1. The van der Waals surface area contributed by atoms with Gasteiger partial charge in [0.05, 0.1) is 0 Å². The van der Waals surface area contributed by atoms with Gasteiger partial charge in [0.25, 0.3) is 0 Å². The summed E-state index contributed by atoms with van der Waals surface area (Å²) in [5.41, 5.74) is 1.06. The first-order valence-corrected chi connectivity index (χ1v) is 4.07. The number of pyridine rings is 1. The van der Waals surface area contributed by atoms with Crippen LogP contribution in [0.5, 0.6) is 0 Å². The molecule has 0 aromatic carbocycles. The van der Waals surface area contributed by atoms with Gasteiger partial charge in [-0.05, 0) is 26.5 Å². The van der Waals surface area contributed by atoms with E-state index in [0.717, 1.165) is 16.7 Å². The van der Waals surface area contributed by atoms with Gasteiger partial charge in [-0.25, -0.2) is 0 Å². The maximum Gasteiger partial charge on any atom is 0.183 e. The topological polar surface area (TPSA) is 39.0 Å². The second-order valence-corrected chi connectivity index (χ2v) is 2.97. The van der Waals surface area contributed by atoms with Gasteiger partial charge in [-0.2, -0.15) is 4.73 Å². The zero-order valence-electron chi connectivity index (χ0n) is 7.45. The number of rotatable bonds is 3. The van der Waals surface area contributed by atoms with Crippen molar-refractivity contribution in [2.45, 2.75) is 19.4 Å². The summed E-state index contributed by atoms with van der Waals surface area (Å²) in [5, 5.41) is 14.0. The molecule has 0 saturated heterocycles. The molecule has 1 N–H and O–H groups in total. The van der Waals surface area contributed by atoms with Crippen molar-refractivity contribution in [3.63, 3.8) is 0 Å². The van der Waals surface area contributed by atoms with E-state index in [4.69, 9.17) is 0 Å². The summed E-state index contributed by atoms with van der Waals surface area (Å²) in [7, 11) is 1.92. The minimum absolute atomic E-state index is 0.410. The number of aromatic nitrogens is 1. The maximum atomic E-state index is 10.9. The molecule has 0 fully saturated rings. The molecule has 3 nitrogen and oxygen atoms in total. The fraction of sp³-hybridized carbons (Fsp3) is 0.444. The lowest BCUT2D eigenvalue weighted by Crippen LogP contribution is -2.28. The van der Waals surface area contributed by atoms with Crippen LogP contribution in [0.1, 0.15) is 12.5 Å². The van der Waals surface area contributed by atoms with E-state index in [-0.39, 0.29) is 0 Å². The number of hydrogen-bond acceptors (Lipinski definition) is 2. The Balaban J connectivity index is 2.63. The summed E-state index contributed by atoms with van der Waals surface area (Å²) >= 11 is 0. The van der Waals surface area contributed by atoms with Crippen LogP contribution in [0.2, 0.25) is 0 Å². The van der Waals surface area contributed by atoms with Crippen molar-refractivity contribution in [1.82, 2.24) is 5.32 Å². The molecule has 1 atom stereocenters. The predicted octanol–water partition coefficient (Wildman–Crippen LogP) is 0.470. The molecule has 12 heavy (non-hydrogen) atoms. The highest BCUT2D eigenvalue weighted by Gasteiger charge is 2.02. The lowest BCUT2D eigenvalue weighted by Gasteiger charge is -2.08. The molecule has 3 heteroatoms. The minimum atomic E-state index is 0.410. The third-order valence-electron chi connectivity index (χ3n) is 1.87. The molecule has 0 aliphatic heterocycles. The summed E-state index contributed by atoms with van der Waals surface area (Å²) in [4.78, 5) is 0. The molecule has 0 radical (unpaired) electrons. The van der Waals surface area contributed by atoms with Gasteiger partial charge < -0.3 is 10.5 Å². The molecule has 0 aliphatic rings. The van der Waals surface area contributed by atoms with Crippen molar-refractivity contribution in [2.24, 2.45) is 0 Å². The molecule has 1 unspecified atom stereocenters. The van der Waals surface area contributed by atoms with Crippen LogP contribution >= 0.6 is 0 Å². The van der Waals surface area contributed by atoms with E-state index in [0.29, 0.717) is 6.04 Å². The Morgan fingerprint density at radius 3 is 3.00 bits per heavy atom. The van der Waals surface area contributed by atoms with Crippen LogP contribution in [0.25, 0.3) is 0 Å². The van der Waals surface area contributed by atoms with Crippen molar-refractivity contribution in [1.29, 1.82) is 0 Å². The molecule has 0 bridgehead atoms. The van der Waals surface area contributed by atoms with E-state index >= 15 is 0 Å². The molecule has 1 aromatic heterocycles. The van der Waals surface area contributed by atoms with Gasteiger partial charge in [0, 0.05) is 17.7 Å². The Hall–Kier alpha value is -1.09. The summed E-state index contributed by atoms with van der Waals surface area (Å²) in [6, 6.07) is 4.14. The van der Waals surface area contributed by atoms with Crippen LogP contribution in [0.15, 0.2) is 24.5 Å². The normalized spacial score (nSPS) is 12.8. The Labute approximate surface area is 72.6 Å². The van der Waals surface area contributed by atoms with Crippen LogP contribution in [-0.2, 0) is 6.42 Å². The highest BCUT2D eigenvalue weighted by atomic mass is 16.5. The number of nitrogens with zero attached hydrogens (tertiary/aromatic N) is 1. The molecule has 0 amide bonds. The van der Waals surface area contributed by atoms with E-state index in [1.54, 1.807) is 12.3 Å². The lowest BCUT2D eigenvalue weighted by molar-refractivity contribution is -0.605. The summed E-state index contributed by atoms with van der Waals surface area (Å²) in [6.07, 6.45) is 3.99. The highest BCUT2D eigenvalue weighted by Crippen LogP contribution is 1.98. The second kappa shape index (κ2) is 4.07. The first kappa shape index (κ1) is 9.00. The Morgan fingerprint density at radius 1 is 1.67 bits per heavy atom. The first-order valence-electron chi connectivity index (χ1n) is 4.07. The molecule has 0 aliphatic carbocycles. The lowest BCUT2D eigenvalue weighted by atomic mass is 10.1. The molecule has 66 valence electrons. The van der Waals surface area contributed by atoms with E-state index in [2.05, 4.69) is 12.2 Å². The average molecular weight is 166 g/mol. The zero-order chi connectivity index (χ0) is 8.97. The fourth-order valence-corrected chi connectivity index (χ4v) is 1.08. The number of hydrogen-bond donors (Lipinski definition) is 1. The van der Waals surface area contributed by atoms with Crippen molar-refractivity contribution in [2.75, 3.05) is 7.05 Å². The molecule has 1 rings (SSSR count). The molecular weight excluding hydrogens is 152 g/mol. The van der Waals surface area contributed by atoms with Gasteiger partial charge in [-0.1, -0.05) is 0 Å². The van der Waals surface area contributed by atoms with E-state index in [9.17, 15) is 5.21 Å². The molecule has 1 aromatic rings. The summed E-state index contributed by atoms with van der Waals surface area (Å²) < 4.78 is 0.831. The molecule has 0 saturated carbocycles. The van der Waals surface area contributed by atoms with Crippen molar-refractivity contribution >= 4 is 0 Å². The van der Waals surface area contributed by atoms with Crippen molar-refractivity contribution in [3.8, 4) is 0 Å². The maximum absolute atomic E-state index is 10.9. The smallest absolute Gasteiger partial charge is 0.183 e. The van der Waals surface area contributed by atoms with Crippen LogP contribution < -0.4 is 10.0 Å². The highest BCUT2D eigenvalue weighted by molar-refractivity contribution is 5.06. The molecule has 0 spiro atoms. The predicted molar refractivity (Wildman–Crippen MR) is 47.6 cm³/mol.